The number of Topliss-reactive ketones (excluding diaryl/α,β-unsaturated/α-hetero) is 1. The molecule has 0 radical (unpaired) electrons. The molecule has 0 N–H and O–H groups in total. The van der Waals surface area contributed by atoms with E-state index in [-0.39, 0.29) is 11.5 Å². The minimum absolute atomic E-state index is 0.158. The van der Waals surface area contributed by atoms with Gasteiger partial charge in [0.15, 0.2) is 5.78 Å². The molecular formula is C19H19BrO4. The van der Waals surface area contributed by atoms with Crippen molar-refractivity contribution in [2.24, 2.45) is 0 Å². The van der Waals surface area contributed by atoms with Crippen molar-refractivity contribution >= 4 is 27.7 Å². The summed E-state index contributed by atoms with van der Waals surface area (Å²) in [5.74, 6) is 0.000923. The standard InChI is InChI=1S/C19H19BrO4/c1-4-9-23-17-8-6-14(20)11-16(17)19(22)24-18-10-12(2)5-7-15(18)13(3)21/h5-8,10-11H,4,9H2,1-3H3. The molecule has 0 bridgehead atoms. The maximum absolute atomic E-state index is 12.6. The number of esters is 1. The molecule has 0 heterocycles. The molecule has 0 atom stereocenters. The van der Waals surface area contributed by atoms with Crippen molar-refractivity contribution in [2.45, 2.75) is 27.2 Å². The molecule has 0 saturated heterocycles. The fraction of sp³-hybridized carbons (Fsp3) is 0.263. The lowest BCUT2D eigenvalue weighted by atomic mass is 10.1. The first-order valence-corrected chi connectivity index (χ1v) is 8.47. The SMILES string of the molecule is CCCOc1ccc(Br)cc1C(=O)Oc1cc(C)ccc1C(C)=O. The molecular weight excluding hydrogens is 372 g/mol. The molecule has 0 aliphatic carbocycles. The highest BCUT2D eigenvalue weighted by Crippen LogP contribution is 2.27. The van der Waals surface area contributed by atoms with E-state index >= 15 is 0 Å². The van der Waals surface area contributed by atoms with E-state index in [1.807, 2.05) is 19.9 Å². The fourth-order valence-corrected chi connectivity index (χ4v) is 2.52. The summed E-state index contributed by atoms with van der Waals surface area (Å²) in [6, 6.07) is 10.3. The topological polar surface area (TPSA) is 52.6 Å². The van der Waals surface area contributed by atoms with Crippen LogP contribution in [0.2, 0.25) is 0 Å². The van der Waals surface area contributed by atoms with Crippen molar-refractivity contribution < 1.29 is 19.1 Å². The van der Waals surface area contributed by atoms with Gasteiger partial charge >= 0.3 is 5.97 Å². The number of ketones is 1. The van der Waals surface area contributed by atoms with Crippen LogP contribution in [0.15, 0.2) is 40.9 Å². The molecule has 0 aliphatic rings. The van der Waals surface area contributed by atoms with Gasteiger partial charge in [0.2, 0.25) is 0 Å². The number of benzene rings is 2. The van der Waals surface area contributed by atoms with Crippen LogP contribution in [0.25, 0.3) is 0 Å². The van der Waals surface area contributed by atoms with Crippen LogP contribution < -0.4 is 9.47 Å². The Morgan fingerprint density at radius 2 is 1.79 bits per heavy atom. The summed E-state index contributed by atoms with van der Waals surface area (Å²) in [4.78, 5) is 24.3. The smallest absolute Gasteiger partial charge is 0.347 e. The second kappa shape index (κ2) is 8.11. The molecule has 4 nitrogen and oxygen atoms in total. The summed E-state index contributed by atoms with van der Waals surface area (Å²) in [5.41, 5.74) is 1.59. The van der Waals surface area contributed by atoms with Gasteiger partial charge in [0, 0.05) is 4.47 Å². The zero-order chi connectivity index (χ0) is 17.7. The fourth-order valence-electron chi connectivity index (χ4n) is 2.16. The van der Waals surface area contributed by atoms with Crippen LogP contribution in [0.4, 0.5) is 0 Å². The molecule has 0 spiro atoms. The van der Waals surface area contributed by atoms with Gasteiger partial charge in [-0.05, 0) is 56.2 Å². The highest BCUT2D eigenvalue weighted by Gasteiger charge is 2.18. The first-order chi connectivity index (χ1) is 11.4. The Morgan fingerprint density at radius 1 is 1.04 bits per heavy atom. The maximum atomic E-state index is 12.6. The normalized spacial score (nSPS) is 10.3. The van der Waals surface area contributed by atoms with Gasteiger partial charge in [0.25, 0.3) is 0 Å². The van der Waals surface area contributed by atoms with Crippen molar-refractivity contribution in [1.82, 2.24) is 0 Å². The number of carbonyl (C=O) groups excluding carboxylic acids is 2. The van der Waals surface area contributed by atoms with Gasteiger partial charge in [-0.2, -0.15) is 0 Å². The highest BCUT2D eigenvalue weighted by atomic mass is 79.9. The first-order valence-electron chi connectivity index (χ1n) is 7.68. The van der Waals surface area contributed by atoms with Gasteiger partial charge in [-0.3, -0.25) is 4.79 Å². The van der Waals surface area contributed by atoms with Crippen molar-refractivity contribution in [3.05, 3.63) is 57.6 Å². The number of ether oxygens (including phenoxy) is 2. The van der Waals surface area contributed by atoms with Gasteiger partial charge in [0.1, 0.15) is 17.1 Å². The summed E-state index contributed by atoms with van der Waals surface area (Å²) in [6.07, 6.45) is 0.830. The summed E-state index contributed by atoms with van der Waals surface area (Å²) in [7, 11) is 0. The Balaban J connectivity index is 2.35. The van der Waals surface area contributed by atoms with E-state index in [4.69, 9.17) is 9.47 Å². The molecule has 2 rings (SSSR count). The lowest BCUT2D eigenvalue weighted by molar-refractivity contribution is 0.0728. The lowest BCUT2D eigenvalue weighted by Crippen LogP contribution is -2.13. The quantitative estimate of drug-likeness (QED) is 0.397. The van der Waals surface area contributed by atoms with Gasteiger partial charge in [-0.1, -0.05) is 28.9 Å². The highest BCUT2D eigenvalue weighted by molar-refractivity contribution is 9.10. The van der Waals surface area contributed by atoms with Crippen LogP contribution >= 0.6 is 15.9 Å². The molecule has 126 valence electrons. The molecule has 0 unspecified atom stereocenters. The average molecular weight is 391 g/mol. The van der Waals surface area contributed by atoms with E-state index in [9.17, 15) is 9.59 Å². The first kappa shape index (κ1) is 18.2. The zero-order valence-corrected chi connectivity index (χ0v) is 15.5. The van der Waals surface area contributed by atoms with Gasteiger partial charge in [-0.15, -0.1) is 0 Å². The minimum Gasteiger partial charge on any atom is -0.493 e. The molecule has 0 amide bonds. The van der Waals surface area contributed by atoms with E-state index in [1.165, 1.54) is 6.92 Å². The van der Waals surface area contributed by atoms with Crippen molar-refractivity contribution in [3.63, 3.8) is 0 Å². The Hall–Kier alpha value is -2.14. The van der Waals surface area contributed by atoms with Crippen LogP contribution in [0.5, 0.6) is 11.5 Å². The molecule has 5 heteroatoms. The molecule has 0 saturated carbocycles. The third-order valence-electron chi connectivity index (χ3n) is 3.34. The number of carbonyl (C=O) groups is 2. The predicted molar refractivity (Wildman–Crippen MR) is 96.1 cm³/mol. The molecule has 2 aromatic rings. The van der Waals surface area contributed by atoms with Gasteiger partial charge in [0.05, 0.1) is 12.2 Å². The van der Waals surface area contributed by atoms with E-state index in [2.05, 4.69) is 15.9 Å². The lowest BCUT2D eigenvalue weighted by Gasteiger charge is -2.13. The van der Waals surface area contributed by atoms with Crippen molar-refractivity contribution in [1.29, 1.82) is 0 Å². The number of hydrogen-bond donors (Lipinski definition) is 0. The summed E-state index contributed by atoms with van der Waals surface area (Å²) >= 11 is 3.35. The third-order valence-corrected chi connectivity index (χ3v) is 3.84. The number of halogens is 1. The summed E-state index contributed by atoms with van der Waals surface area (Å²) < 4.78 is 11.8. The van der Waals surface area contributed by atoms with Gasteiger partial charge < -0.3 is 9.47 Å². The summed E-state index contributed by atoms with van der Waals surface area (Å²) in [6.45, 7) is 5.81. The average Bonchev–Trinajstić information content (AvgIpc) is 2.53. The monoisotopic (exact) mass is 390 g/mol. The minimum atomic E-state index is -0.560. The van der Waals surface area contributed by atoms with Crippen LogP contribution in [0.1, 0.15) is 46.5 Å². The van der Waals surface area contributed by atoms with Crippen LogP contribution in [-0.2, 0) is 0 Å². The Kier molecular flexibility index (Phi) is 6.15. The Labute approximate surface area is 149 Å². The van der Waals surface area contributed by atoms with E-state index < -0.39 is 5.97 Å². The molecule has 24 heavy (non-hydrogen) atoms. The molecule has 0 fully saturated rings. The zero-order valence-electron chi connectivity index (χ0n) is 13.9. The second-order valence-electron chi connectivity index (χ2n) is 5.43. The van der Waals surface area contributed by atoms with Crippen molar-refractivity contribution in [3.8, 4) is 11.5 Å². The van der Waals surface area contributed by atoms with Crippen LogP contribution in [0.3, 0.4) is 0 Å². The third kappa shape index (κ3) is 4.45. The Morgan fingerprint density at radius 3 is 2.46 bits per heavy atom. The number of rotatable bonds is 6. The van der Waals surface area contributed by atoms with Crippen LogP contribution in [-0.4, -0.2) is 18.4 Å². The summed E-state index contributed by atoms with van der Waals surface area (Å²) in [5, 5.41) is 0. The van der Waals surface area contributed by atoms with E-state index in [1.54, 1.807) is 30.3 Å². The molecule has 0 aliphatic heterocycles. The largest absolute Gasteiger partial charge is 0.493 e. The molecule has 2 aromatic carbocycles. The van der Waals surface area contributed by atoms with Crippen LogP contribution in [0, 0.1) is 6.92 Å². The van der Waals surface area contributed by atoms with E-state index in [0.717, 1.165) is 16.5 Å². The Bertz CT molecular complexity index is 768. The molecule has 0 aromatic heterocycles. The van der Waals surface area contributed by atoms with Gasteiger partial charge in [-0.25, -0.2) is 4.79 Å². The number of hydrogen-bond acceptors (Lipinski definition) is 4. The second-order valence-corrected chi connectivity index (χ2v) is 6.35. The predicted octanol–water partition coefficient (Wildman–Crippen LogP) is 4.97. The van der Waals surface area contributed by atoms with Crippen molar-refractivity contribution in [2.75, 3.05) is 6.61 Å². The van der Waals surface area contributed by atoms with E-state index in [0.29, 0.717) is 23.5 Å². The maximum Gasteiger partial charge on any atom is 0.347 e. The number of aryl methyl sites for hydroxylation is 1.